The van der Waals surface area contributed by atoms with Crippen LogP contribution in [0.2, 0.25) is 5.02 Å². The number of rotatable bonds is 6. The van der Waals surface area contributed by atoms with Gasteiger partial charge in [0.05, 0.1) is 24.9 Å². The predicted molar refractivity (Wildman–Crippen MR) is 102 cm³/mol. The largest absolute Gasteiger partial charge is 0.495 e. The molecule has 1 aromatic carbocycles. The molecule has 1 aromatic heterocycles. The van der Waals surface area contributed by atoms with Crippen molar-refractivity contribution in [3.05, 3.63) is 23.5 Å². The van der Waals surface area contributed by atoms with Crippen molar-refractivity contribution in [2.24, 2.45) is 0 Å². The van der Waals surface area contributed by atoms with Gasteiger partial charge in [-0.2, -0.15) is 4.98 Å². The lowest BCUT2D eigenvalue weighted by Crippen LogP contribution is -2.21. The minimum atomic E-state index is 0.152. The van der Waals surface area contributed by atoms with Gasteiger partial charge in [-0.1, -0.05) is 18.0 Å². The van der Waals surface area contributed by atoms with E-state index in [4.69, 9.17) is 31.5 Å². The number of nitrogens with zero attached hydrogens (tertiary/aromatic N) is 2. The summed E-state index contributed by atoms with van der Waals surface area (Å²) in [4.78, 5) is 8.40. The van der Waals surface area contributed by atoms with Crippen molar-refractivity contribution in [1.29, 1.82) is 0 Å². The quantitative estimate of drug-likeness (QED) is 0.778. The first-order valence-electron chi connectivity index (χ1n) is 8.58. The van der Waals surface area contributed by atoms with Crippen molar-refractivity contribution in [2.45, 2.75) is 38.2 Å². The zero-order valence-corrected chi connectivity index (χ0v) is 15.7. The molecule has 0 spiro atoms. The van der Waals surface area contributed by atoms with Crippen LogP contribution in [0.15, 0.2) is 18.5 Å². The number of benzene rings is 1. The summed E-state index contributed by atoms with van der Waals surface area (Å²) in [5.74, 6) is 1.91. The van der Waals surface area contributed by atoms with E-state index >= 15 is 0 Å². The number of hydrogen-bond acceptors (Lipinski definition) is 7. The summed E-state index contributed by atoms with van der Waals surface area (Å²) in [5, 5.41) is 3.59. The number of nitrogens with one attached hydrogen (secondary N) is 1. The first-order valence-corrected chi connectivity index (χ1v) is 8.96. The molecule has 1 saturated carbocycles. The fourth-order valence-corrected chi connectivity index (χ4v) is 3.24. The Balaban J connectivity index is 1.84. The molecule has 3 N–H and O–H groups in total. The highest BCUT2D eigenvalue weighted by Crippen LogP contribution is 2.39. The van der Waals surface area contributed by atoms with Crippen molar-refractivity contribution in [3.8, 4) is 17.4 Å². The molecule has 0 aliphatic heterocycles. The molecule has 0 atom stereocenters. The summed E-state index contributed by atoms with van der Waals surface area (Å²) in [6, 6.07) is 3.39. The van der Waals surface area contributed by atoms with Crippen molar-refractivity contribution < 1.29 is 14.2 Å². The zero-order chi connectivity index (χ0) is 18.5. The number of ether oxygens (including phenoxy) is 3. The standard InChI is InChI=1S/C18H23ClN4O3/c1-24-14-9-15(25-2)13(8-12(14)19)23-17-16(20)18(22-10-21-17)26-11-6-4-3-5-7-11/h8-11H,3-7,20H2,1-2H3,(H,21,22,23). The van der Waals surface area contributed by atoms with Gasteiger partial charge in [-0.3, -0.25) is 0 Å². The van der Waals surface area contributed by atoms with Gasteiger partial charge in [0.25, 0.3) is 0 Å². The van der Waals surface area contributed by atoms with Crippen molar-refractivity contribution >= 4 is 28.8 Å². The molecule has 8 heteroatoms. The van der Waals surface area contributed by atoms with E-state index in [0.29, 0.717) is 39.6 Å². The van der Waals surface area contributed by atoms with Crippen LogP contribution in [0.1, 0.15) is 32.1 Å². The minimum absolute atomic E-state index is 0.152. The molecule has 1 heterocycles. The molecule has 140 valence electrons. The number of nitrogens with two attached hydrogens (primary N) is 1. The Bertz CT molecular complexity index is 766. The highest BCUT2D eigenvalue weighted by Gasteiger charge is 2.19. The van der Waals surface area contributed by atoms with Gasteiger partial charge < -0.3 is 25.3 Å². The second-order valence-corrected chi connectivity index (χ2v) is 6.54. The Morgan fingerprint density at radius 2 is 1.81 bits per heavy atom. The van der Waals surface area contributed by atoms with Crippen LogP contribution < -0.4 is 25.3 Å². The maximum atomic E-state index is 6.22. The van der Waals surface area contributed by atoms with E-state index in [1.807, 2.05) is 0 Å². The highest BCUT2D eigenvalue weighted by atomic mass is 35.5. The summed E-state index contributed by atoms with van der Waals surface area (Å²) in [6.07, 6.45) is 7.21. The van der Waals surface area contributed by atoms with Gasteiger partial charge >= 0.3 is 0 Å². The monoisotopic (exact) mass is 378 g/mol. The molecule has 0 amide bonds. The van der Waals surface area contributed by atoms with Crippen LogP contribution in [0, 0.1) is 0 Å². The summed E-state index contributed by atoms with van der Waals surface area (Å²) < 4.78 is 16.6. The third-order valence-corrected chi connectivity index (χ3v) is 4.70. The number of halogens is 1. The van der Waals surface area contributed by atoms with Crippen molar-refractivity contribution in [2.75, 3.05) is 25.3 Å². The Labute approximate surface area is 157 Å². The highest BCUT2D eigenvalue weighted by molar-refractivity contribution is 6.32. The molecule has 1 fully saturated rings. The zero-order valence-electron chi connectivity index (χ0n) is 14.9. The molecule has 1 aliphatic rings. The molecule has 0 saturated heterocycles. The predicted octanol–water partition coefficient (Wildman–Crippen LogP) is 4.18. The fourth-order valence-electron chi connectivity index (χ4n) is 3.00. The molecule has 7 nitrogen and oxygen atoms in total. The fraction of sp³-hybridized carbons (Fsp3) is 0.444. The lowest BCUT2D eigenvalue weighted by Gasteiger charge is -2.23. The van der Waals surface area contributed by atoms with Crippen LogP contribution in [0.25, 0.3) is 0 Å². The van der Waals surface area contributed by atoms with E-state index < -0.39 is 0 Å². The van der Waals surface area contributed by atoms with E-state index in [1.54, 1.807) is 26.4 Å². The minimum Gasteiger partial charge on any atom is -0.495 e. The number of methoxy groups -OCH3 is 2. The van der Waals surface area contributed by atoms with Gasteiger partial charge in [-0.15, -0.1) is 0 Å². The molecular formula is C18H23ClN4O3. The average molecular weight is 379 g/mol. The first-order chi connectivity index (χ1) is 12.6. The summed E-state index contributed by atoms with van der Waals surface area (Å²) in [5.41, 5.74) is 7.19. The van der Waals surface area contributed by atoms with Crippen LogP contribution >= 0.6 is 11.6 Å². The van der Waals surface area contributed by atoms with Gasteiger partial charge in [-0.25, -0.2) is 4.98 Å². The van der Waals surface area contributed by atoms with Gasteiger partial charge in [0.1, 0.15) is 29.6 Å². The molecule has 1 aliphatic carbocycles. The smallest absolute Gasteiger partial charge is 0.242 e. The van der Waals surface area contributed by atoms with Crippen molar-refractivity contribution in [3.63, 3.8) is 0 Å². The molecule has 2 aromatic rings. The lowest BCUT2D eigenvalue weighted by atomic mass is 9.98. The van der Waals surface area contributed by atoms with E-state index in [9.17, 15) is 0 Å². The number of anilines is 3. The lowest BCUT2D eigenvalue weighted by molar-refractivity contribution is 0.149. The van der Waals surface area contributed by atoms with Gasteiger partial charge in [0.15, 0.2) is 5.82 Å². The Morgan fingerprint density at radius 3 is 2.50 bits per heavy atom. The SMILES string of the molecule is COc1cc(OC)c(Nc2ncnc(OC3CCCCC3)c2N)cc1Cl. The maximum absolute atomic E-state index is 6.22. The summed E-state index contributed by atoms with van der Waals surface area (Å²) >= 11 is 6.22. The van der Waals surface area contributed by atoms with Crippen LogP contribution in [-0.2, 0) is 0 Å². The van der Waals surface area contributed by atoms with E-state index in [0.717, 1.165) is 12.8 Å². The summed E-state index contributed by atoms with van der Waals surface area (Å²) in [6.45, 7) is 0. The van der Waals surface area contributed by atoms with Crippen LogP contribution in [-0.4, -0.2) is 30.3 Å². The third-order valence-electron chi connectivity index (χ3n) is 4.40. The van der Waals surface area contributed by atoms with E-state index in [-0.39, 0.29) is 6.10 Å². The van der Waals surface area contributed by atoms with Gasteiger partial charge in [0, 0.05) is 6.07 Å². The summed E-state index contributed by atoms with van der Waals surface area (Å²) in [7, 11) is 3.11. The number of aromatic nitrogens is 2. The molecule has 0 radical (unpaired) electrons. The van der Waals surface area contributed by atoms with Crippen LogP contribution in [0.5, 0.6) is 17.4 Å². The molecule has 0 unspecified atom stereocenters. The van der Waals surface area contributed by atoms with E-state index in [1.165, 1.54) is 25.6 Å². The molecule has 3 rings (SSSR count). The molecule has 26 heavy (non-hydrogen) atoms. The van der Waals surface area contributed by atoms with Crippen molar-refractivity contribution in [1.82, 2.24) is 9.97 Å². The van der Waals surface area contributed by atoms with Crippen LogP contribution in [0.3, 0.4) is 0 Å². The Hall–Kier alpha value is -2.41. The normalized spacial score (nSPS) is 14.7. The Morgan fingerprint density at radius 1 is 1.08 bits per heavy atom. The van der Waals surface area contributed by atoms with Gasteiger partial charge in [0.2, 0.25) is 5.88 Å². The second-order valence-electron chi connectivity index (χ2n) is 6.13. The number of hydrogen-bond donors (Lipinski definition) is 2. The van der Waals surface area contributed by atoms with E-state index in [2.05, 4.69) is 15.3 Å². The maximum Gasteiger partial charge on any atom is 0.242 e. The second kappa shape index (κ2) is 8.31. The number of nitrogen functional groups attached to an aromatic ring is 1. The van der Waals surface area contributed by atoms with Gasteiger partial charge in [-0.05, 0) is 31.7 Å². The molecule has 0 bridgehead atoms. The molecular weight excluding hydrogens is 356 g/mol. The average Bonchev–Trinajstić information content (AvgIpc) is 2.66. The Kier molecular flexibility index (Phi) is 5.88. The topological polar surface area (TPSA) is 91.5 Å². The first kappa shape index (κ1) is 18.4. The van der Waals surface area contributed by atoms with Crippen LogP contribution in [0.4, 0.5) is 17.2 Å². The third kappa shape index (κ3) is 4.04.